The Kier molecular flexibility index (Phi) is 3.22. The van der Waals surface area contributed by atoms with Gasteiger partial charge in [0.1, 0.15) is 6.33 Å². The highest BCUT2D eigenvalue weighted by atomic mass is 16.6. The minimum absolute atomic E-state index is 0.0287. The molecule has 0 saturated heterocycles. The molecule has 1 unspecified atom stereocenters. The molecular weight excluding hydrogens is 234 g/mol. The summed E-state index contributed by atoms with van der Waals surface area (Å²) in [5, 5.41) is 21.5. The summed E-state index contributed by atoms with van der Waals surface area (Å²) in [7, 11) is 1.86. The lowest BCUT2D eigenvalue weighted by Gasteiger charge is -2.13. The topological polar surface area (TPSA) is 85.9 Å². The third-order valence-electron chi connectivity index (χ3n) is 2.60. The highest BCUT2D eigenvalue weighted by molar-refractivity contribution is 5.49. The van der Waals surface area contributed by atoms with Gasteiger partial charge >= 0.3 is 0 Å². The first-order valence-corrected chi connectivity index (χ1v) is 5.43. The summed E-state index contributed by atoms with van der Waals surface area (Å²) in [5.41, 5.74) is 0.878. The molecule has 0 radical (unpaired) electrons. The van der Waals surface area contributed by atoms with Gasteiger partial charge in [0.15, 0.2) is 5.82 Å². The van der Waals surface area contributed by atoms with Crippen molar-refractivity contribution in [3.8, 4) is 0 Å². The summed E-state index contributed by atoms with van der Waals surface area (Å²) in [6.07, 6.45) is 1.63. The van der Waals surface area contributed by atoms with E-state index in [9.17, 15) is 10.1 Å². The number of hydrogen-bond acceptors (Lipinski definition) is 5. The lowest BCUT2D eigenvalue weighted by Crippen LogP contribution is -2.11. The quantitative estimate of drug-likeness (QED) is 0.658. The van der Waals surface area contributed by atoms with Crippen molar-refractivity contribution in [1.82, 2.24) is 14.8 Å². The van der Waals surface area contributed by atoms with Crippen molar-refractivity contribution in [3.63, 3.8) is 0 Å². The van der Waals surface area contributed by atoms with E-state index in [0.717, 1.165) is 11.5 Å². The van der Waals surface area contributed by atoms with Gasteiger partial charge in [0.05, 0.1) is 11.0 Å². The third kappa shape index (κ3) is 2.45. The van der Waals surface area contributed by atoms with E-state index in [1.54, 1.807) is 18.5 Å². The van der Waals surface area contributed by atoms with Crippen molar-refractivity contribution in [1.29, 1.82) is 0 Å². The number of aromatic nitrogens is 3. The van der Waals surface area contributed by atoms with Gasteiger partial charge in [-0.3, -0.25) is 10.1 Å². The molecule has 0 bridgehead atoms. The Balaban J connectivity index is 2.10. The smallest absolute Gasteiger partial charge is 0.269 e. The van der Waals surface area contributed by atoms with Crippen LogP contribution in [-0.4, -0.2) is 19.7 Å². The van der Waals surface area contributed by atoms with Crippen LogP contribution in [0.15, 0.2) is 30.6 Å². The molecule has 1 aromatic heterocycles. The number of anilines is 1. The van der Waals surface area contributed by atoms with Gasteiger partial charge < -0.3 is 9.88 Å². The van der Waals surface area contributed by atoms with E-state index in [1.807, 2.05) is 18.5 Å². The zero-order valence-electron chi connectivity index (χ0n) is 10.1. The van der Waals surface area contributed by atoms with Crippen LogP contribution in [0.3, 0.4) is 0 Å². The Labute approximate surface area is 104 Å². The summed E-state index contributed by atoms with van der Waals surface area (Å²) in [6.45, 7) is 1.95. The van der Waals surface area contributed by atoms with Crippen LogP contribution in [0.5, 0.6) is 0 Å². The van der Waals surface area contributed by atoms with Crippen LogP contribution in [0.4, 0.5) is 11.4 Å². The molecule has 0 saturated carbocycles. The molecule has 0 aliphatic rings. The van der Waals surface area contributed by atoms with E-state index in [1.165, 1.54) is 12.1 Å². The second-order valence-electron chi connectivity index (χ2n) is 3.97. The van der Waals surface area contributed by atoms with Gasteiger partial charge in [0, 0.05) is 24.9 Å². The van der Waals surface area contributed by atoms with E-state index in [-0.39, 0.29) is 11.7 Å². The van der Waals surface area contributed by atoms with E-state index in [0.29, 0.717) is 0 Å². The van der Waals surface area contributed by atoms with Crippen LogP contribution >= 0.6 is 0 Å². The molecule has 1 atom stereocenters. The lowest BCUT2D eigenvalue weighted by molar-refractivity contribution is -0.384. The molecule has 0 spiro atoms. The first-order chi connectivity index (χ1) is 8.58. The van der Waals surface area contributed by atoms with Crippen LogP contribution in [0.2, 0.25) is 0 Å². The maximum atomic E-state index is 10.5. The summed E-state index contributed by atoms with van der Waals surface area (Å²) in [6, 6.07) is 6.24. The minimum atomic E-state index is -0.421. The molecule has 1 heterocycles. The van der Waals surface area contributed by atoms with Crippen molar-refractivity contribution in [2.75, 3.05) is 5.32 Å². The predicted molar refractivity (Wildman–Crippen MR) is 66.1 cm³/mol. The Bertz CT molecular complexity index is 549. The largest absolute Gasteiger partial charge is 0.375 e. The molecule has 0 aliphatic heterocycles. The fraction of sp³-hybridized carbons (Fsp3) is 0.273. The lowest BCUT2D eigenvalue weighted by atomic mass is 10.2. The Morgan fingerprint density at radius 3 is 2.56 bits per heavy atom. The van der Waals surface area contributed by atoms with Crippen molar-refractivity contribution >= 4 is 11.4 Å². The first kappa shape index (κ1) is 12.0. The zero-order valence-corrected chi connectivity index (χ0v) is 10.1. The van der Waals surface area contributed by atoms with E-state index in [2.05, 4.69) is 15.5 Å². The summed E-state index contributed by atoms with van der Waals surface area (Å²) >= 11 is 0. The van der Waals surface area contributed by atoms with Crippen molar-refractivity contribution < 1.29 is 4.92 Å². The maximum Gasteiger partial charge on any atom is 0.269 e. The molecule has 7 heteroatoms. The van der Waals surface area contributed by atoms with E-state index >= 15 is 0 Å². The zero-order chi connectivity index (χ0) is 13.1. The SMILES string of the molecule is CC(Nc1ccc([N+](=O)[O-])cc1)c1nncn1C. The third-order valence-corrected chi connectivity index (χ3v) is 2.60. The molecule has 0 aliphatic carbocycles. The van der Waals surface area contributed by atoms with Gasteiger partial charge in [-0.25, -0.2) is 0 Å². The van der Waals surface area contributed by atoms with Crippen LogP contribution in [0.1, 0.15) is 18.8 Å². The fourth-order valence-electron chi connectivity index (χ4n) is 1.68. The molecule has 1 aromatic carbocycles. The van der Waals surface area contributed by atoms with Crippen LogP contribution in [0, 0.1) is 10.1 Å². The number of hydrogen-bond donors (Lipinski definition) is 1. The number of nitro benzene ring substituents is 1. The van der Waals surface area contributed by atoms with Gasteiger partial charge in [-0.15, -0.1) is 10.2 Å². The summed E-state index contributed by atoms with van der Waals surface area (Å²) in [5.74, 6) is 0.799. The Hall–Kier alpha value is -2.44. The number of nitrogens with zero attached hydrogens (tertiary/aromatic N) is 4. The number of nitro groups is 1. The molecule has 94 valence electrons. The maximum absolute atomic E-state index is 10.5. The second kappa shape index (κ2) is 4.82. The summed E-state index contributed by atoms with van der Waals surface area (Å²) in [4.78, 5) is 10.1. The van der Waals surface area contributed by atoms with Gasteiger partial charge in [0.25, 0.3) is 5.69 Å². The average molecular weight is 247 g/mol. The van der Waals surface area contributed by atoms with E-state index in [4.69, 9.17) is 0 Å². The number of aryl methyl sites for hydroxylation is 1. The normalized spacial score (nSPS) is 12.1. The van der Waals surface area contributed by atoms with Gasteiger partial charge in [-0.2, -0.15) is 0 Å². The molecule has 2 aromatic rings. The van der Waals surface area contributed by atoms with Crippen LogP contribution < -0.4 is 5.32 Å². The summed E-state index contributed by atoms with van der Waals surface area (Å²) < 4.78 is 1.82. The van der Waals surface area contributed by atoms with Crippen molar-refractivity contribution in [3.05, 3.63) is 46.5 Å². The first-order valence-electron chi connectivity index (χ1n) is 5.43. The monoisotopic (exact) mass is 247 g/mol. The second-order valence-corrected chi connectivity index (χ2v) is 3.97. The highest BCUT2D eigenvalue weighted by Gasteiger charge is 2.11. The molecule has 0 amide bonds. The molecule has 1 N–H and O–H groups in total. The molecular formula is C11H13N5O2. The number of nitrogens with one attached hydrogen (secondary N) is 1. The van der Waals surface area contributed by atoms with Crippen LogP contribution in [-0.2, 0) is 7.05 Å². The number of benzene rings is 1. The molecule has 7 nitrogen and oxygen atoms in total. The predicted octanol–water partition coefficient (Wildman–Crippen LogP) is 1.90. The standard InChI is InChI=1S/C11H13N5O2/c1-8(11-14-12-7-15(11)2)13-9-3-5-10(6-4-9)16(17)18/h3-8,13H,1-2H3. The molecule has 18 heavy (non-hydrogen) atoms. The fourth-order valence-corrected chi connectivity index (χ4v) is 1.68. The Morgan fingerprint density at radius 1 is 1.39 bits per heavy atom. The Morgan fingerprint density at radius 2 is 2.06 bits per heavy atom. The highest BCUT2D eigenvalue weighted by Crippen LogP contribution is 2.20. The van der Waals surface area contributed by atoms with E-state index < -0.39 is 4.92 Å². The van der Waals surface area contributed by atoms with Gasteiger partial charge in [0.2, 0.25) is 0 Å². The van der Waals surface area contributed by atoms with Crippen molar-refractivity contribution in [2.24, 2.45) is 7.05 Å². The van der Waals surface area contributed by atoms with Crippen LogP contribution in [0.25, 0.3) is 0 Å². The average Bonchev–Trinajstić information content (AvgIpc) is 2.76. The van der Waals surface area contributed by atoms with Gasteiger partial charge in [-0.05, 0) is 19.1 Å². The minimum Gasteiger partial charge on any atom is -0.375 e. The molecule has 0 fully saturated rings. The van der Waals surface area contributed by atoms with Crippen molar-refractivity contribution in [2.45, 2.75) is 13.0 Å². The number of non-ortho nitro benzene ring substituents is 1. The number of rotatable bonds is 4. The molecule has 2 rings (SSSR count). The van der Waals surface area contributed by atoms with Gasteiger partial charge in [-0.1, -0.05) is 0 Å².